The molecule has 2 N–H and O–H groups in total. The molecule has 0 bridgehead atoms. The zero-order chi connectivity index (χ0) is 28.4. The highest BCUT2D eigenvalue weighted by molar-refractivity contribution is 5.99. The number of pyridine rings is 2. The number of carbonyl (C=O) groups is 1. The summed E-state index contributed by atoms with van der Waals surface area (Å²) >= 11 is 0. The number of likely N-dealkylation sites (tertiary alicyclic amines) is 1. The third-order valence-corrected chi connectivity index (χ3v) is 6.71. The van der Waals surface area contributed by atoms with E-state index >= 15 is 0 Å². The summed E-state index contributed by atoms with van der Waals surface area (Å²) in [5, 5.41) is 9.87. The molecule has 1 atom stereocenters. The minimum absolute atomic E-state index is 0.116. The van der Waals surface area contributed by atoms with Crippen LogP contribution in [0.15, 0.2) is 43.4 Å². The molecule has 0 unspecified atom stereocenters. The minimum atomic E-state index is -0.573. The maximum absolute atomic E-state index is 12.8. The maximum atomic E-state index is 12.8. The number of aromatic nitrogens is 5. The van der Waals surface area contributed by atoms with Crippen LogP contribution in [0.3, 0.4) is 0 Å². The van der Waals surface area contributed by atoms with Gasteiger partial charge in [0.1, 0.15) is 22.9 Å². The van der Waals surface area contributed by atoms with E-state index in [2.05, 4.69) is 35.4 Å². The fourth-order valence-electron chi connectivity index (χ4n) is 4.72. The molecule has 4 aromatic rings. The average molecular weight is 542 g/mol. The lowest BCUT2D eigenvalue weighted by Gasteiger charge is -2.24. The van der Waals surface area contributed by atoms with Crippen LogP contribution in [-0.2, 0) is 9.47 Å². The third kappa shape index (κ3) is 5.59. The molecule has 1 aliphatic heterocycles. The van der Waals surface area contributed by atoms with E-state index in [1.54, 1.807) is 21.8 Å². The highest BCUT2D eigenvalue weighted by atomic mass is 16.6. The molecule has 0 aromatic carbocycles. The zero-order valence-electron chi connectivity index (χ0n) is 23.5. The highest BCUT2D eigenvalue weighted by Gasteiger charge is 2.33. The Bertz CT molecular complexity index is 1630. The minimum Gasteiger partial charge on any atom is -0.493 e. The molecule has 0 saturated carbocycles. The Balaban J connectivity index is 1.56. The van der Waals surface area contributed by atoms with Crippen molar-refractivity contribution >= 4 is 34.1 Å². The molecule has 5 heterocycles. The fourth-order valence-corrected chi connectivity index (χ4v) is 4.72. The number of nitrogen functional groups attached to an aromatic ring is 1. The lowest BCUT2D eigenvalue weighted by Crippen LogP contribution is -2.35. The normalized spacial score (nSPS) is 15.3. The smallest absolute Gasteiger partial charge is 0.410 e. The van der Waals surface area contributed by atoms with Gasteiger partial charge < -0.3 is 20.1 Å². The van der Waals surface area contributed by atoms with Crippen LogP contribution in [-0.4, -0.2) is 60.7 Å². The molecule has 10 nitrogen and oxygen atoms in total. The number of hydrogen-bond donors (Lipinski definition) is 1. The van der Waals surface area contributed by atoms with E-state index in [9.17, 15) is 4.79 Å². The number of carbonyl (C=O) groups excluding carboxylic acids is 1. The van der Waals surface area contributed by atoms with E-state index in [4.69, 9.17) is 20.3 Å². The summed E-state index contributed by atoms with van der Waals surface area (Å²) in [4.78, 5) is 19.0. The van der Waals surface area contributed by atoms with Crippen LogP contribution in [0.5, 0.6) is 0 Å². The topological polar surface area (TPSA) is 113 Å². The number of rotatable bonds is 6. The van der Waals surface area contributed by atoms with Gasteiger partial charge in [-0.1, -0.05) is 25.8 Å². The molecule has 1 amide bonds. The molecule has 0 spiro atoms. The molecule has 4 aromatic heterocycles. The molecule has 10 heteroatoms. The largest absolute Gasteiger partial charge is 0.493 e. The lowest BCUT2D eigenvalue weighted by molar-refractivity contribution is 0.0288. The van der Waals surface area contributed by atoms with E-state index in [0.29, 0.717) is 54.3 Å². The maximum Gasteiger partial charge on any atom is 0.410 e. The Labute approximate surface area is 233 Å². The van der Waals surface area contributed by atoms with Crippen LogP contribution in [0.25, 0.3) is 22.2 Å². The second-order valence-electron chi connectivity index (χ2n) is 10.9. The SMILES string of the molecule is C=C(OCCCC)c1cnc(N)c2c(C#Cc3ccc4ccnn4c3)nn([C@H]3CCN(C(=O)OC(C)(C)C)C3)c12. The first-order chi connectivity index (χ1) is 19.1. The van der Waals surface area contributed by atoms with E-state index in [1.165, 1.54) is 0 Å². The van der Waals surface area contributed by atoms with Crippen molar-refractivity contribution in [3.8, 4) is 11.8 Å². The van der Waals surface area contributed by atoms with Gasteiger partial charge in [-0.2, -0.15) is 10.2 Å². The summed E-state index contributed by atoms with van der Waals surface area (Å²) in [5.74, 6) is 7.23. The quantitative estimate of drug-likeness (QED) is 0.207. The van der Waals surface area contributed by atoms with Crippen LogP contribution >= 0.6 is 0 Å². The zero-order valence-corrected chi connectivity index (χ0v) is 23.5. The summed E-state index contributed by atoms with van der Waals surface area (Å²) in [6.07, 6.45) is 7.56. The molecule has 1 fully saturated rings. The van der Waals surface area contributed by atoms with Gasteiger partial charge in [0.15, 0.2) is 0 Å². The number of nitrogens with two attached hydrogens (primary N) is 1. The predicted octanol–water partition coefficient (Wildman–Crippen LogP) is 5.03. The Hall–Kier alpha value is -4.52. The first kappa shape index (κ1) is 27.1. The molecule has 208 valence electrons. The van der Waals surface area contributed by atoms with E-state index < -0.39 is 5.60 Å². The van der Waals surface area contributed by atoms with Crippen molar-refractivity contribution in [1.29, 1.82) is 0 Å². The van der Waals surface area contributed by atoms with Gasteiger partial charge in [-0.15, -0.1) is 0 Å². The average Bonchev–Trinajstić information content (AvgIpc) is 3.65. The van der Waals surface area contributed by atoms with Crippen molar-refractivity contribution in [2.24, 2.45) is 0 Å². The Morgan fingerprint density at radius 2 is 2.08 bits per heavy atom. The van der Waals surface area contributed by atoms with Gasteiger partial charge in [-0.25, -0.2) is 14.3 Å². The lowest BCUT2D eigenvalue weighted by atomic mass is 10.1. The second-order valence-corrected chi connectivity index (χ2v) is 10.9. The van der Waals surface area contributed by atoms with Crippen molar-refractivity contribution in [3.05, 3.63) is 60.2 Å². The van der Waals surface area contributed by atoms with E-state index in [-0.39, 0.29) is 12.1 Å². The molecule has 0 aliphatic carbocycles. The molecule has 40 heavy (non-hydrogen) atoms. The third-order valence-electron chi connectivity index (χ3n) is 6.71. The number of fused-ring (bicyclic) bond motifs is 2. The van der Waals surface area contributed by atoms with Crippen molar-refractivity contribution in [1.82, 2.24) is 29.3 Å². The van der Waals surface area contributed by atoms with Crippen molar-refractivity contribution in [2.45, 2.75) is 58.6 Å². The summed E-state index contributed by atoms with van der Waals surface area (Å²) in [7, 11) is 0. The van der Waals surface area contributed by atoms with Crippen molar-refractivity contribution < 1.29 is 14.3 Å². The number of amides is 1. The first-order valence-electron chi connectivity index (χ1n) is 13.6. The molecular weight excluding hydrogens is 506 g/mol. The van der Waals surface area contributed by atoms with Crippen LogP contribution < -0.4 is 5.73 Å². The monoisotopic (exact) mass is 541 g/mol. The van der Waals surface area contributed by atoms with Gasteiger partial charge in [-0.3, -0.25) is 4.68 Å². The summed E-state index contributed by atoms with van der Waals surface area (Å²) < 4.78 is 15.3. The van der Waals surface area contributed by atoms with Crippen molar-refractivity contribution in [3.63, 3.8) is 0 Å². The first-order valence-corrected chi connectivity index (χ1v) is 13.6. The van der Waals surface area contributed by atoms with Crippen molar-refractivity contribution in [2.75, 3.05) is 25.4 Å². The summed E-state index contributed by atoms with van der Waals surface area (Å²) in [5.41, 5.74) is 9.57. The second kappa shape index (κ2) is 10.9. The van der Waals surface area contributed by atoms with Gasteiger partial charge in [0.2, 0.25) is 0 Å². The molecule has 1 saturated heterocycles. The van der Waals surface area contributed by atoms with Crippen LogP contribution in [0, 0.1) is 11.8 Å². The predicted molar refractivity (Wildman–Crippen MR) is 154 cm³/mol. The summed E-state index contributed by atoms with van der Waals surface area (Å²) in [6, 6.07) is 5.71. The van der Waals surface area contributed by atoms with Crippen LogP contribution in [0.2, 0.25) is 0 Å². The van der Waals surface area contributed by atoms with Crippen LogP contribution in [0.4, 0.5) is 10.6 Å². The fraction of sp³-hybridized carbons (Fsp3) is 0.400. The van der Waals surface area contributed by atoms with Gasteiger partial charge in [0.25, 0.3) is 0 Å². The molecular formula is C30H35N7O3. The number of unbranched alkanes of at least 4 members (excludes halogenated alkanes) is 1. The number of anilines is 1. The Morgan fingerprint density at radius 3 is 2.85 bits per heavy atom. The Kier molecular flexibility index (Phi) is 7.39. The Morgan fingerprint density at radius 1 is 1.25 bits per heavy atom. The van der Waals surface area contributed by atoms with Gasteiger partial charge in [-0.05, 0) is 57.7 Å². The number of nitrogens with zero attached hydrogens (tertiary/aromatic N) is 6. The number of hydrogen-bond acceptors (Lipinski definition) is 7. The van der Waals surface area contributed by atoms with Crippen LogP contribution in [0.1, 0.15) is 69.8 Å². The van der Waals surface area contributed by atoms with Gasteiger partial charge >= 0.3 is 6.09 Å². The highest BCUT2D eigenvalue weighted by Crippen LogP contribution is 2.35. The van der Waals surface area contributed by atoms with E-state index in [1.807, 2.05) is 49.8 Å². The molecule has 0 radical (unpaired) electrons. The standard InChI is InChI=1S/C30H35N7O3/c1-6-7-16-39-20(2)24-17-32-28(31)26-25(11-9-21-8-10-22-12-14-33-36(22)18-21)34-37(27(24)26)23-13-15-35(19-23)29(38)40-30(3,4)5/h8,10,12,14,17-18,23H,2,6-7,13,15-16,19H2,1,3-5H3,(H2,31,32)/t23-/m0/s1. The summed E-state index contributed by atoms with van der Waals surface area (Å²) in [6.45, 7) is 13.4. The molecule has 5 rings (SSSR count). The number of ether oxygens (including phenoxy) is 2. The molecule has 1 aliphatic rings. The van der Waals surface area contributed by atoms with Gasteiger partial charge in [0, 0.05) is 37.2 Å². The van der Waals surface area contributed by atoms with Gasteiger partial charge in [0.05, 0.1) is 34.6 Å². The van der Waals surface area contributed by atoms with E-state index in [0.717, 1.165) is 29.4 Å².